The van der Waals surface area contributed by atoms with Crippen LogP contribution in [0.2, 0.25) is 0 Å². The third-order valence-electron chi connectivity index (χ3n) is 3.78. The molecule has 1 aromatic rings. The van der Waals surface area contributed by atoms with Crippen LogP contribution < -0.4 is 4.74 Å². The molecule has 2 heterocycles. The molecule has 3 atom stereocenters. The van der Waals surface area contributed by atoms with Gasteiger partial charge in [-0.3, -0.25) is 4.90 Å². The van der Waals surface area contributed by atoms with Gasteiger partial charge in [0.05, 0.1) is 19.8 Å². The van der Waals surface area contributed by atoms with Gasteiger partial charge in [0.15, 0.2) is 6.10 Å². The van der Waals surface area contributed by atoms with Crippen LogP contribution in [0.4, 0.5) is 4.79 Å². The molecule has 2 saturated heterocycles. The molecule has 0 unspecified atom stereocenters. The molecule has 2 aliphatic heterocycles. The van der Waals surface area contributed by atoms with Crippen LogP contribution in [0.1, 0.15) is 5.56 Å². The lowest BCUT2D eigenvalue weighted by atomic mass is 10.1. The van der Waals surface area contributed by atoms with Gasteiger partial charge in [-0.1, -0.05) is 18.2 Å². The molecule has 20 heavy (non-hydrogen) atoms. The number of rotatable bonds is 4. The summed E-state index contributed by atoms with van der Waals surface area (Å²) in [5.41, 5.74) is 1.03. The highest BCUT2D eigenvalue weighted by Crippen LogP contribution is 2.31. The largest absolute Gasteiger partial charge is 0.497 e. The molecule has 3 rings (SSSR count). The highest BCUT2D eigenvalue weighted by atomic mass is 16.6. The SMILES string of the molecule is C=C[C@@H]1OC[C@H]2[C@@H]1OC(=O)N2Cc1ccc(OC)cc1. The van der Waals surface area contributed by atoms with Gasteiger partial charge in [-0.2, -0.15) is 0 Å². The van der Waals surface area contributed by atoms with E-state index in [1.165, 1.54) is 0 Å². The second-order valence-electron chi connectivity index (χ2n) is 4.93. The minimum Gasteiger partial charge on any atom is -0.497 e. The molecule has 0 N–H and O–H groups in total. The smallest absolute Gasteiger partial charge is 0.410 e. The Hall–Kier alpha value is -2.01. The zero-order valence-electron chi connectivity index (χ0n) is 11.3. The molecule has 0 saturated carbocycles. The molecule has 1 amide bonds. The Kier molecular flexibility index (Phi) is 3.36. The summed E-state index contributed by atoms with van der Waals surface area (Å²) in [5.74, 6) is 0.798. The Balaban J connectivity index is 1.73. The minimum atomic E-state index is -0.286. The highest BCUT2D eigenvalue weighted by Gasteiger charge is 2.49. The Morgan fingerprint density at radius 3 is 2.85 bits per heavy atom. The number of hydrogen-bond donors (Lipinski definition) is 0. The fourth-order valence-electron chi connectivity index (χ4n) is 2.66. The molecule has 5 heteroatoms. The van der Waals surface area contributed by atoms with E-state index in [0.29, 0.717) is 13.2 Å². The van der Waals surface area contributed by atoms with Gasteiger partial charge in [-0.25, -0.2) is 4.79 Å². The van der Waals surface area contributed by atoms with Crippen molar-refractivity contribution in [1.82, 2.24) is 4.90 Å². The van der Waals surface area contributed by atoms with Crippen molar-refractivity contribution < 1.29 is 19.0 Å². The van der Waals surface area contributed by atoms with Crippen LogP contribution in [0, 0.1) is 0 Å². The van der Waals surface area contributed by atoms with Gasteiger partial charge in [0, 0.05) is 6.54 Å². The number of ether oxygens (including phenoxy) is 3. The molecule has 2 aliphatic rings. The number of fused-ring (bicyclic) bond motifs is 1. The predicted octanol–water partition coefficient (Wildman–Crippen LogP) is 1.97. The van der Waals surface area contributed by atoms with Crippen molar-refractivity contribution in [3.05, 3.63) is 42.5 Å². The molecule has 0 spiro atoms. The Morgan fingerprint density at radius 2 is 2.20 bits per heavy atom. The average molecular weight is 275 g/mol. The molecule has 106 valence electrons. The first-order valence-corrected chi connectivity index (χ1v) is 6.57. The van der Waals surface area contributed by atoms with Gasteiger partial charge in [-0.05, 0) is 17.7 Å². The minimum absolute atomic E-state index is 0.0346. The summed E-state index contributed by atoms with van der Waals surface area (Å²) in [5, 5.41) is 0. The van der Waals surface area contributed by atoms with Crippen molar-refractivity contribution in [3.8, 4) is 5.75 Å². The number of carbonyl (C=O) groups is 1. The highest BCUT2D eigenvalue weighted by molar-refractivity contribution is 5.71. The van der Waals surface area contributed by atoms with Crippen LogP contribution in [-0.2, 0) is 16.0 Å². The summed E-state index contributed by atoms with van der Waals surface area (Å²) < 4.78 is 16.1. The topological polar surface area (TPSA) is 48.0 Å². The summed E-state index contributed by atoms with van der Waals surface area (Å²) in [7, 11) is 1.63. The average Bonchev–Trinajstić information content (AvgIpc) is 3.00. The van der Waals surface area contributed by atoms with E-state index in [-0.39, 0.29) is 24.3 Å². The summed E-state index contributed by atoms with van der Waals surface area (Å²) in [4.78, 5) is 13.7. The van der Waals surface area contributed by atoms with Crippen molar-refractivity contribution in [1.29, 1.82) is 0 Å². The van der Waals surface area contributed by atoms with Gasteiger partial charge in [0.25, 0.3) is 0 Å². The van der Waals surface area contributed by atoms with Crippen LogP contribution in [0.15, 0.2) is 36.9 Å². The van der Waals surface area contributed by atoms with Crippen LogP contribution >= 0.6 is 0 Å². The molecule has 0 aliphatic carbocycles. The summed E-state index contributed by atoms with van der Waals surface area (Å²) >= 11 is 0. The maximum absolute atomic E-state index is 12.0. The first-order valence-electron chi connectivity index (χ1n) is 6.57. The number of carbonyl (C=O) groups excluding carboxylic acids is 1. The van der Waals surface area contributed by atoms with E-state index >= 15 is 0 Å². The summed E-state index contributed by atoms with van der Waals surface area (Å²) in [6, 6.07) is 7.62. The first-order chi connectivity index (χ1) is 9.72. The molecule has 5 nitrogen and oxygen atoms in total. The Morgan fingerprint density at radius 1 is 1.45 bits per heavy atom. The van der Waals surface area contributed by atoms with E-state index in [1.807, 2.05) is 24.3 Å². The van der Waals surface area contributed by atoms with Gasteiger partial charge in [-0.15, -0.1) is 6.58 Å². The summed E-state index contributed by atoms with van der Waals surface area (Å²) in [6.45, 7) is 4.71. The van der Waals surface area contributed by atoms with E-state index in [4.69, 9.17) is 14.2 Å². The Labute approximate surface area is 117 Å². The number of nitrogens with zero attached hydrogens (tertiary/aromatic N) is 1. The lowest BCUT2D eigenvalue weighted by molar-refractivity contribution is 0.0540. The van der Waals surface area contributed by atoms with Gasteiger partial charge >= 0.3 is 6.09 Å². The first kappa shape index (κ1) is 13.0. The molecule has 2 fully saturated rings. The zero-order valence-corrected chi connectivity index (χ0v) is 11.3. The van der Waals surface area contributed by atoms with Crippen LogP contribution in [0.3, 0.4) is 0 Å². The number of hydrogen-bond acceptors (Lipinski definition) is 4. The normalized spacial score (nSPS) is 28.1. The molecular formula is C15H17NO4. The third kappa shape index (κ3) is 2.14. The second kappa shape index (κ2) is 5.17. The van der Waals surface area contributed by atoms with Gasteiger partial charge < -0.3 is 14.2 Å². The molecule has 0 bridgehead atoms. The van der Waals surface area contributed by atoms with Gasteiger partial charge in [0.2, 0.25) is 0 Å². The number of methoxy groups -OCH3 is 1. The van der Waals surface area contributed by atoms with Crippen molar-refractivity contribution in [2.45, 2.75) is 24.8 Å². The van der Waals surface area contributed by atoms with Crippen molar-refractivity contribution >= 4 is 6.09 Å². The third-order valence-corrected chi connectivity index (χ3v) is 3.78. The monoisotopic (exact) mass is 275 g/mol. The lowest BCUT2D eigenvalue weighted by Gasteiger charge is -2.19. The van der Waals surface area contributed by atoms with Crippen LogP contribution in [0.5, 0.6) is 5.75 Å². The summed E-state index contributed by atoms with van der Waals surface area (Å²) in [6.07, 6.45) is 0.962. The van der Waals surface area contributed by atoms with E-state index in [1.54, 1.807) is 18.1 Å². The number of benzene rings is 1. The maximum Gasteiger partial charge on any atom is 0.410 e. The van der Waals surface area contributed by atoms with Gasteiger partial charge in [0.1, 0.15) is 11.9 Å². The fourth-order valence-corrected chi connectivity index (χ4v) is 2.66. The van der Waals surface area contributed by atoms with Crippen molar-refractivity contribution in [2.75, 3.05) is 13.7 Å². The molecule has 0 aromatic heterocycles. The lowest BCUT2D eigenvalue weighted by Crippen LogP contribution is -2.36. The zero-order chi connectivity index (χ0) is 14.1. The number of amides is 1. The van der Waals surface area contributed by atoms with E-state index in [9.17, 15) is 4.79 Å². The maximum atomic E-state index is 12.0. The standard InChI is InChI=1S/C15H17NO4/c1-3-13-14-12(9-19-13)16(15(17)20-14)8-10-4-6-11(18-2)7-5-10/h3-7,12-14H,1,8-9H2,2H3/t12-,13-,14-/m0/s1. The fraction of sp³-hybridized carbons (Fsp3) is 0.400. The van der Waals surface area contributed by atoms with Crippen LogP contribution in [-0.4, -0.2) is 43.0 Å². The predicted molar refractivity (Wildman–Crippen MR) is 72.5 cm³/mol. The van der Waals surface area contributed by atoms with E-state index < -0.39 is 0 Å². The van der Waals surface area contributed by atoms with Crippen molar-refractivity contribution in [3.63, 3.8) is 0 Å². The quantitative estimate of drug-likeness (QED) is 0.788. The molecule has 0 radical (unpaired) electrons. The van der Waals surface area contributed by atoms with Crippen LogP contribution in [0.25, 0.3) is 0 Å². The molecular weight excluding hydrogens is 258 g/mol. The second-order valence-corrected chi connectivity index (χ2v) is 4.93. The Bertz CT molecular complexity index is 513. The van der Waals surface area contributed by atoms with E-state index in [2.05, 4.69) is 6.58 Å². The molecule has 1 aromatic carbocycles. The van der Waals surface area contributed by atoms with E-state index in [0.717, 1.165) is 11.3 Å². The van der Waals surface area contributed by atoms with Crippen molar-refractivity contribution in [2.24, 2.45) is 0 Å².